The van der Waals surface area contributed by atoms with Gasteiger partial charge in [0.05, 0.1) is 16.8 Å². The Bertz CT molecular complexity index is 286. The van der Waals surface area contributed by atoms with Crippen LogP contribution >= 0.6 is 0 Å². The van der Waals surface area contributed by atoms with Crippen LogP contribution in [0.2, 0.25) is 0 Å². The maximum Gasteiger partial charge on any atom is 0.0900 e. The Hall–Kier alpha value is -0.340. The number of fused-ring (bicyclic) bond motifs is 2. The summed E-state index contributed by atoms with van der Waals surface area (Å²) in [7, 11) is 0. The molecule has 0 radical (unpaired) electrons. The predicted octanol–water partition coefficient (Wildman–Crippen LogP) is 2.52. The minimum absolute atomic E-state index is 0.136. The van der Waals surface area contributed by atoms with Crippen LogP contribution in [0.25, 0.3) is 0 Å². The van der Waals surface area contributed by atoms with Gasteiger partial charge in [0, 0.05) is 11.8 Å². The number of rotatable bonds is 1. The van der Waals surface area contributed by atoms with Gasteiger partial charge in [0.1, 0.15) is 0 Å². The first kappa shape index (κ1) is 11.2. The van der Waals surface area contributed by atoms with E-state index in [0.29, 0.717) is 0 Å². The van der Waals surface area contributed by atoms with E-state index in [-0.39, 0.29) is 23.0 Å². The van der Waals surface area contributed by atoms with Crippen LogP contribution in [0.5, 0.6) is 0 Å². The molecule has 1 fully saturated rings. The molecule has 0 aromatic rings. The summed E-state index contributed by atoms with van der Waals surface area (Å²) < 4.78 is 6.12. The smallest absolute Gasteiger partial charge is 0.0900 e. The van der Waals surface area contributed by atoms with Crippen LogP contribution in [-0.2, 0) is 4.74 Å². The van der Waals surface area contributed by atoms with Gasteiger partial charge in [-0.2, -0.15) is 0 Å². The Morgan fingerprint density at radius 3 is 1.87 bits per heavy atom. The fourth-order valence-corrected chi connectivity index (χ4v) is 3.32. The highest BCUT2D eigenvalue weighted by Crippen LogP contribution is 2.54. The van der Waals surface area contributed by atoms with E-state index in [2.05, 4.69) is 46.8 Å². The normalized spacial score (nSPS) is 58.5. The third-order valence-electron chi connectivity index (χ3n) is 4.97. The molecule has 2 heteroatoms. The maximum absolute atomic E-state index is 10.8. The van der Waals surface area contributed by atoms with Crippen LogP contribution in [0.15, 0.2) is 12.2 Å². The van der Waals surface area contributed by atoms with E-state index in [1.54, 1.807) is 0 Å². The Labute approximate surface area is 92.3 Å². The van der Waals surface area contributed by atoms with E-state index in [1.165, 1.54) is 0 Å². The average molecular weight is 210 g/mol. The van der Waals surface area contributed by atoms with E-state index >= 15 is 0 Å². The molecule has 0 saturated carbocycles. The molecule has 0 aliphatic carbocycles. The fraction of sp³-hybridized carbons (Fsp3) is 0.846. The number of ether oxygens (including phenoxy) is 1. The Morgan fingerprint density at radius 2 is 1.53 bits per heavy atom. The monoisotopic (exact) mass is 210 g/mol. The highest BCUT2D eigenvalue weighted by Gasteiger charge is 2.61. The lowest BCUT2D eigenvalue weighted by Crippen LogP contribution is -2.63. The van der Waals surface area contributed by atoms with Crippen molar-refractivity contribution in [2.75, 3.05) is 0 Å². The molecule has 15 heavy (non-hydrogen) atoms. The van der Waals surface area contributed by atoms with Crippen LogP contribution in [-0.4, -0.2) is 21.9 Å². The van der Waals surface area contributed by atoms with Crippen molar-refractivity contribution in [2.24, 2.45) is 11.8 Å². The summed E-state index contributed by atoms with van der Waals surface area (Å²) >= 11 is 0. The second kappa shape index (κ2) is 2.86. The second-order valence-electron chi connectivity index (χ2n) is 5.59. The van der Waals surface area contributed by atoms with Crippen molar-refractivity contribution in [1.29, 1.82) is 0 Å². The molecule has 1 saturated heterocycles. The van der Waals surface area contributed by atoms with Crippen molar-refractivity contribution in [3.8, 4) is 0 Å². The van der Waals surface area contributed by atoms with Crippen LogP contribution in [0.4, 0.5) is 0 Å². The molecule has 2 aliphatic rings. The third kappa shape index (κ3) is 1.18. The zero-order chi connectivity index (χ0) is 11.5. The molecule has 2 aliphatic heterocycles. The van der Waals surface area contributed by atoms with Crippen molar-refractivity contribution in [1.82, 2.24) is 0 Å². The zero-order valence-corrected chi connectivity index (χ0v) is 10.4. The van der Waals surface area contributed by atoms with E-state index in [4.69, 9.17) is 4.74 Å². The van der Waals surface area contributed by atoms with Gasteiger partial charge in [0.2, 0.25) is 0 Å². The van der Waals surface area contributed by atoms with Gasteiger partial charge in [-0.15, -0.1) is 0 Å². The van der Waals surface area contributed by atoms with Gasteiger partial charge in [0.25, 0.3) is 0 Å². The molecule has 2 nitrogen and oxygen atoms in total. The molecule has 0 spiro atoms. The van der Waals surface area contributed by atoms with Crippen molar-refractivity contribution in [3.63, 3.8) is 0 Å². The van der Waals surface area contributed by atoms with Crippen molar-refractivity contribution >= 4 is 0 Å². The van der Waals surface area contributed by atoms with Gasteiger partial charge in [-0.25, -0.2) is 0 Å². The van der Waals surface area contributed by atoms with Gasteiger partial charge < -0.3 is 9.84 Å². The highest BCUT2D eigenvalue weighted by atomic mass is 16.5. The summed E-state index contributed by atoms with van der Waals surface area (Å²) in [5, 5.41) is 10.8. The Morgan fingerprint density at radius 1 is 1.13 bits per heavy atom. The van der Waals surface area contributed by atoms with Gasteiger partial charge in [-0.1, -0.05) is 32.9 Å². The lowest BCUT2D eigenvalue weighted by Gasteiger charge is -2.55. The van der Waals surface area contributed by atoms with Crippen molar-refractivity contribution < 1.29 is 9.84 Å². The summed E-state index contributed by atoms with van der Waals surface area (Å²) in [5.41, 5.74) is -1.22. The zero-order valence-electron chi connectivity index (χ0n) is 10.4. The van der Waals surface area contributed by atoms with Gasteiger partial charge in [-0.3, -0.25) is 0 Å². The molecule has 2 bridgehead atoms. The third-order valence-corrected chi connectivity index (χ3v) is 4.97. The largest absolute Gasteiger partial charge is 0.389 e. The summed E-state index contributed by atoms with van der Waals surface area (Å²) in [6.07, 6.45) is 5.04. The summed E-state index contributed by atoms with van der Waals surface area (Å²) in [6, 6.07) is 0. The Kier molecular flexibility index (Phi) is 2.13. The van der Waals surface area contributed by atoms with Gasteiger partial charge in [-0.05, 0) is 20.3 Å². The summed E-state index contributed by atoms with van der Waals surface area (Å²) in [5.74, 6) is 0.272. The molecule has 0 amide bonds. The first-order valence-electron chi connectivity index (χ1n) is 5.91. The second-order valence-corrected chi connectivity index (χ2v) is 5.59. The first-order chi connectivity index (χ1) is 6.78. The molecule has 1 N–H and O–H groups in total. The first-order valence-corrected chi connectivity index (χ1v) is 5.91. The van der Waals surface area contributed by atoms with Crippen molar-refractivity contribution in [2.45, 2.75) is 57.8 Å². The Balaban J connectivity index is 2.48. The topological polar surface area (TPSA) is 29.5 Å². The van der Waals surface area contributed by atoms with Crippen LogP contribution < -0.4 is 0 Å². The quantitative estimate of drug-likeness (QED) is 0.674. The molecule has 2 heterocycles. The van der Waals surface area contributed by atoms with Crippen LogP contribution in [0.1, 0.15) is 41.0 Å². The van der Waals surface area contributed by atoms with E-state index in [0.717, 1.165) is 6.42 Å². The summed E-state index contributed by atoms with van der Waals surface area (Å²) in [4.78, 5) is 0. The molecule has 86 valence electrons. The molecular formula is C13H22O2. The fourth-order valence-electron chi connectivity index (χ4n) is 3.32. The molecule has 5 atom stereocenters. The number of hydrogen-bond acceptors (Lipinski definition) is 2. The van der Waals surface area contributed by atoms with E-state index in [9.17, 15) is 5.11 Å². The van der Waals surface area contributed by atoms with Gasteiger partial charge >= 0.3 is 0 Å². The van der Waals surface area contributed by atoms with Gasteiger partial charge in [0.15, 0.2) is 0 Å². The van der Waals surface area contributed by atoms with E-state index < -0.39 is 5.60 Å². The average Bonchev–Trinajstić information content (AvgIpc) is 2.51. The van der Waals surface area contributed by atoms with Crippen molar-refractivity contribution in [3.05, 3.63) is 12.2 Å². The lowest BCUT2D eigenvalue weighted by molar-refractivity contribution is -0.252. The maximum atomic E-state index is 10.8. The molecule has 0 aromatic carbocycles. The SMILES string of the molecule is CC[C@@]1(O)[C@H](C)C2(C)C=C[C@@](C)(O2)[C@@H]1C. The molecule has 2 rings (SSSR count). The van der Waals surface area contributed by atoms with Crippen LogP contribution in [0.3, 0.4) is 0 Å². The number of hydrogen-bond donors (Lipinski definition) is 1. The minimum Gasteiger partial charge on any atom is -0.389 e. The molecule has 1 unspecified atom stereocenters. The predicted molar refractivity (Wildman–Crippen MR) is 60.6 cm³/mol. The minimum atomic E-state index is -0.620. The standard InChI is InChI=1S/C13H22O2/c1-6-13(14)9(2)11(4)7-8-12(5,15-11)10(13)3/h7-10,14H,6H2,1-5H3/t9-,10+,11+,12?,13-/m0/s1. The van der Waals surface area contributed by atoms with Crippen LogP contribution in [0, 0.1) is 11.8 Å². The molecular weight excluding hydrogens is 188 g/mol. The number of aliphatic hydroxyl groups is 1. The lowest BCUT2D eigenvalue weighted by atomic mass is 9.64. The summed E-state index contributed by atoms with van der Waals surface area (Å²) in [6.45, 7) is 10.4. The molecule has 0 aromatic heterocycles. The highest BCUT2D eigenvalue weighted by molar-refractivity contribution is 5.26. The van der Waals surface area contributed by atoms with E-state index in [1.807, 2.05) is 0 Å².